The average Bonchev–Trinajstić information content (AvgIpc) is 3.45. The van der Waals surface area contributed by atoms with Gasteiger partial charge >= 0.3 is 17.9 Å². The minimum absolute atomic E-state index is 0.128. The molecule has 0 aromatic carbocycles. The highest BCUT2D eigenvalue weighted by Gasteiger charge is 2.19. The van der Waals surface area contributed by atoms with E-state index in [0.717, 1.165) is 161 Å². The second-order valence-corrected chi connectivity index (χ2v) is 19.5. The predicted octanol–water partition coefficient (Wildman–Crippen LogP) is 21.4. The number of ether oxygens (including phenoxy) is 3. The van der Waals surface area contributed by atoms with Gasteiger partial charge in [-0.25, -0.2) is 0 Å². The van der Waals surface area contributed by atoms with Crippen molar-refractivity contribution in [2.24, 2.45) is 0 Å². The molecule has 0 saturated carbocycles. The van der Waals surface area contributed by atoms with Gasteiger partial charge in [-0.15, -0.1) is 0 Å². The lowest BCUT2D eigenvalue weighted by Gasteiger charge is -2.18. The molecule has 0 aliphatic rings. The van der Waals surface area contributed by atoms with Gasteiger partial charge in [0.1, 0.15) is 13.2 Å². The maximum absolute atomic E-state index is 12.9. The summed E-state index contributed by atoms with van der Waals surface area (Å²) in [4.78, 5) is 38.3. The first-order valence-corrected chi connectivity index (χ1v) is 30.9. The van der Waals surface area contributed by atoms with E-state index in [2.05, 4.69) is 215 Å². The van der Waals surface area contributed by atoms with Crippen LogP contribution >= 0.6 is 0 Å². The molecule has 0 spiro atoms. The minimum atomic E-state index is -0.839. The van der Waals surface area contributed by atoms with E-state index in [9.17, 15) is 14.4 Å². The van der Waals surface area contributed by atoms with E-state index in [1.165, 1.54) is 12.8 Å². The number of carbonyl (C=O) groups is 3. The lowest BCUT2D eigenvalue weighted by molar-refractivity contribution is -0.167. The predicted molar refractivity (Wildman–Crippen MR) is 343 cm³/mol. The van der Waals surface area contributed by atoms with Gasteiger partial charge in [-0.3, -0.25) is 14.4 Å². The van der Waals surface area contributed by atoms with Crippen molar-refractivity contribution in [3.05, 3.63) is 194 Å². The smallest absolute Gasteiger partial charge is 0.306 e. The van der Waals surface area contributed by atoms with Crippen LogP contribution in [0.15, 0.2) is 194 Å². The van der Waals surface area contributed by atoms with Gasteiger partial charge in [0.2, 0.25) is 0 Å². The lowest BCUT2D eigenvalue weighted by Crippen LogP contribution is -2.30. The number of hydrogen-bond donors (Lipinski definition) is 0. The summed E-state index contributed by atoms with van der Waals surface area (Å²) in [6.07, 6.45) is 98.6. The number of allylic oxidation sites excluding steroid dienone is 32. The Kier molecular flexibility index (Phi) is 60.1. The zero-order valence-corrected chi connectivity index (χ0v) is 50.0. The number of carbonyl (C=O) groups excluding carboxylic acids is 3. The van der Waals surface area contributed by atoms with Crippen molar-refractivity contribution in [2.75, 3.05) is 13.2 Å². The zero-order valence-electron chi connectivity index (χ0n) is 50.0. The molecule has 79 heavy (non-hydrogen) atoms. The Bertz CT molecular complexity index is 1920. The van der Waals surface area contributed by atoms with E-state index in [-0.39, 0.29) is 44.0 Å². The third-order valence-electron chi connectivity index (χ3n) is 12.1. The number of esters is 3. The minimum Gasteiger partial charge on any atom is -0.462 e. The van der Waals surface area contributed by atoms with E-state index < -0.39 is 6.10 Å². The fourth-order valence-electron chi connectivity index (χ4n) is 7.57. The number of rotatable bonds is 53. The van der Waals surface area contributed by atoms with Gasteiger partial charge in [-0.1, -0.05) is 247 Å². The summed E-state index contributed by atoms with van der Waals surface area (Å²) >= 11 is 0. The third kappa shape index (κ3) is 63.0. The normalized spacial score (nSPS) is 13.5. The molecule has 6 heteroatoms. The van der Waals surface area contributed by atoms with Gasteiger partial charge in [0.25, 0.3) is 0 Å². The first kappa shape index (κ1) is 73.2. The van der Waals surface area contributed by atoms with Crippen LogP contribution in [0, 0.1) is 0 Å². The van der Waals surface area contributed by atoms with Gasteiger partial charge in [0.15, 0.2) is 6.10 Å². The second kappa shape index (κ2) is 64.8. The lowest BCUT2D eigenvalue weighted by atomic mass is 10.1. The van der Waals surface area contributed by atoms with Crippen molar-refractivity contribution < 1.29 is 28.6 Å². The highest BCUT2D eigenvalue weighted by molar-refractivity contribution is 5.71. The van der Waals surface area contributed by atoms with Crippen LogP contribution in [0.3, 0.4) is 0 Å². The summed E-state index contributed by atoms with van der Waals surface area (Å²) in [5, 5.41) is 0. The third-order valence-corrected chi connectivity index (χ3v) is 12.1. The molecular weight excluding hydrogens is 973 g/mol. The molecular formula is C73H110O6. The molecule has 0 bridgehead atoms. The van der Waals surface area contributed by atoms with E-state index in [4.69, 9.17) is 14.2 Å². The summed E-state index contributed by atoms with van der Waals surface area (Å²) in [7, 11) is 0. The van der Waals surface area contributed by atoms with Crippen LogP contribution in [-0.4, -0.2) is 37.2 Å². The van der Waals surface area contributed by atoms with Crippen LogP contribution in [0.4, 0.5) is 0 Å². The van der Waals surface area contributed by atoms with Crippen molar-refractivity contribution in [3.8, 4) is 0 Å². The topological polar surface area (TPSA) is 78.9 Å². The van der Waals surface area contributed by atoms with E-state index >= 15 is 0 Å². The average molecular weight is 1080 g/mol. The molecule has 0 rings (SSSR count). The molecule has 0 saturated heterocycles. The summed E-state index contributed by atoms with van der Waals surface area (Å²) < 4.78 is 16.8. The van der Waals surface area contributed by atoms with E-state index in [1.807, 2.05) is 0 Å². The SMILES string of the molecule is CC/C=C\C/C=C\C/C=C\C/C=C\C/C=C\C/C=C\CCCCCCCCC(=O)OCC(COC(=O)CCC/C=C\C/C=C\C/C=C\C/C=C\C/C=C\CC)OC(=O)CCCCC/C=C\C/C=C\C/C=C\C/C=C\C/C=C\CC. The van der Waals surface area contributed by atoms with Crippen LogP contribution in [0.1, 0.15) is 226 Å². The molecule has 0 aromatic rings. The monoisotopic (exact) mass is 1080 g/mol. The van der Waals surface area contributed by atoms with Gasteiger partial charge in [0.05, 0.1) is 0 Å². The van der Waals surface area contributed by atoms with Crippen LogP contribution in [0.2, 0.25) is 0 Å². The van der Waals surface area contributed by atoms with Gasteiger partial charge in [-0.05, 0) is 154 Å². The summed E-state index contributed by atoms with van der Waals surface area (Å²) in [5.41, 5.74) is 0. The highest BCUT2D eigenvalue weighted by atomic mass is 16.6. The molecule has 0 N–H and O–H groups in total. The van der Waals surface area contributed by atoms with Crippen molar-refractivity contribution in [1.82, 2.24) is 0 Å². The Hall–Kier alpha value is -5.75. The second-order valence-electron chi connectivity index (χ2n) is 19.5. The molecule has 0 fully saturated rings. The van der Waals surface area contributed by atoms with Crippen LogP contribution in [-0.2, 0) is 28.6 Å². The van der Waals surface area contributed by atoms with Crippen molar-refractivity contribution >= 4 is 17.9 Å². The largest absolute Gasteiger partial charge is 0.462 e. The summed E-state index contributed by atoms with van der Waals surface area (Å²) in [5.74, 6) is -1.05. The number of hydrogen-bond acceptors (Lipinski definition) is 6. The molecule has 0 aromatic heterocycles. The van der Waals surface area contributed by atoms with Crippen molar-refractivity contribution in [1.29, 1.82) is 0 Å². The Balaban J connectivity index is 4.58. The summed E-state index contributed by atoms with van der Waals surface area (Å²) in [6.45, 7) is 6.19. The van der Waals surface area contributed by atoms with E-state index in [1.54, 1.807) is 0 Å². The quantitative estimate of drug-likeness (QED) is 0.0261. The Labute approximate surface area is 484 Å². The molecule has 1 unspecified atom stereocenters. The highest BCUT2D eigenvalue weighted by Crippen LogP contribution is 2.12. The fourth-order valence-corrected chi connectivity index (χ4v) is 7.57. The molecule has 0 heterocycles. The molecule has 6 nitrogen and oxygen atoms in total. The van der Waals surface area contributed by atoms with Crippen molar-refractivity contribution in [2.45, 2.75) is 232 Å². The molecule has 0 aliphatic heterocycles. The Morgan fingerprint density at radius 2 is 0.468 bits per heavy atom. The molecule has 0 amide bonds. The maximum Gasteiger partial charge on any atom is 0.306 e. The van der Waals surface area contributed by atoms with Crippen LogP contribution in [0.25, 0.3) is 0 Å². The van der Waals surface area contributed by atoms with Crippen molar-refractivity contribution in [3.63, 3.8) is 0 Å². The molecule has 0 radical (unpaired) electrons. The van der Waals surface area contributed by atoms with Gasteiger partial charge < -0.3 is 14.2 Å². The molecule has 438 valence electrons. The standard InChI is InChI=1S/C73H110O6/c1-4-7-10-13-16-19-22-25-28-31-33-34-35-36-37-38-40-42-45-48-51-54-57-60-63-66-72(75)78-69-70(68-77-71(74)65-62-59-56-53-50-47-44-41-30-27-24-21-18-15-12-9-6-3)79-73(76)67-64-61-58-55-52-49-46-43-39-32-29-26-23-20-17-14-11-8-5-2/h7-12,16-21,25-30,33-34,36-37,39-40,42-44,47,49,52-53,56,70H,4-6,13-15,22-24,31-32,35,38,41,45-46,48,50-51,54-55,57-69H2,1-3H3/b10-7-,11-8-,12-9-,19-16-,20-17-,21-18-,28-25-,29-26-,30-27-,34-33-,37-36-,42-40-,43-39-,47-44-,52-49-,56-53-. The van der Waals surface area contributed by atoms with E-state index in [0.29, 0.717) is 19.3 Å². The fraction of sp³-hybridized carbons (Fsp3) is 0.521. The maximum atomic E-state index is 12.9. The van der Waals surface area contributed by atoms with Gasteiger partial charge in [-0.2, -0.15) is 0 Å². The zero-order chi connectivity index (χ0) is 57.1. The first-order valence-electron chi connectivity index (χ1n) is 30.9. The number of unbranched alkanes of at least 4 members (excludes halogenated alkanes) is 10. The Morgan fingerprint density at radius 1 is 0.253 bits per heavy atom. The first-order chi connectivity index (χ1) is 39.0. The summed E-state index contributed by atoms with van der Waals surface area (Å²) in [6, 6.07) is 0. The van der Waals surface area contributed by atoms with Crippen LogP contribution in [0.5, 0.6) is 0 Å². The Morgan fingerprint density at radius 3 is 0.772 bits per heavy atom. The van der Waals surface area contributed by atoms with Gasteiger partial charge in [0, 0.05) is 19.3 Å². The molecule has 0 aliphatic carbocycles. The van der Waals surface area contributed by atoms with Crippen LogP contribution < -0.4 is 0 Å². The molecule has 1 atom stereocenters.